The lowest BCUT2D eigenvalue weighted by atomic mass is 10.2. The molecule has 0 bridgehead atoms. The highest BCUT2D eigenvalue weighted by Gasteiger charge is 2.07. The number of pyridine rings is 1. The van der Waals surface area contributed by atoms with Crippen LogP contribution in [0, 0.1) is 12.9 Å². The van der Waals surface area contributed by atoms with Crippen LogP contribution in [0.4, 0.5) is 4.39 Å². The molecule has 7 heteroatoms. The Morgan fingerprint density at radius 1 is 1.50 bits per heavy atom. The van der Waals surface area contributed by atoms with E-state index in [1.165, 1.54) is 12.3 Å². The Morgan fingerprint density at radius 2 is 2.33 bits per heavy atom. The Morgan fingerprint density at radius 3 is 2.94 bits per heavy atom. The summed E-state index contributed by atoms with van der Waals surface area (Å²) in [6.07, 6.45) is 1.63. The van der Waals surface area contributed by atoms with E-state index < -0.39 is 5.95 Å². The molecule has 0 spiro atoms. The molecule has 0 aliphatic heterocycles. The van der Waals surface area contributed by atoms with Crippen molar-refractivity contribution in [1.29, 1.82) is 0 Å². The molecule has 0 radical (unpaired) electrons. The molecule has 2 aromatic heterocycles. The maximum Gasteiger partial charge on any atom is 0.252 e. The van der Waals surface area contributed by atoms with Crippen LogP contribution in [0.25, 0.3) is 0 Å². The average Bonchev–Trinajstić information content (AvgIpc) is 2.76. The van der Waals surface area contributed by atoms with Gasteiger partial charge in [0.1, 0.15) is 0 Å². The van der Waals surface area contributed by atoms with Crippen LogP contribution in [0.15, 0.2) is 22.9 Å². The number of carbonyl (C=O) groups is 1. The van der Waals surface area contributed by atoms with Crippen LogP contribution in [-0.2, 0) is 6.42 Å². The largest absolute Gasteiger partial charge is 0.351 e. The minimum Gasteiger partial charge on any atom is -0.351 e. The maximum atomic E-state index is 12.6. The van der Waals surface area contributed by atoms with Crippen molar-refractivity contribution in [2.24, 2.45) is 0 Å². The SMILES string of the molecule is Cc1noc(CCNC(=O)c2ccc(F)nc2)n1. The molecule has 94 valence electrons. The lowest BCUT2D eigenvalue weighted by Crippen LogP contribution is -2.25. The first-order valence-electron chi connectivity index (χ1n) is 5.34. The van der Waals surface area contributed by atoms with E-state index in [0.29, 0.717) is 30.2 Å². The standard InChI is InChI=1S/C11H11FN4O2/c1-7-15-10(18-16-7)4-5-13-11(17)8-2-3-9(12)14-6-8/h2-3,6H,4-5H2,1H3,(H,13,17). The van der Waals surface area contributed by atoms with Crippen LogP contribution in [0.3, 0.4) is 0 Å². The number of amides is 1. The van der Waals surface area contributed by atoms with Gasteiger partial charge in [-0.1, -0.05) is 5.16 Å². The fourth-order valence-corrected chi connectivity index (χ4v) is 1.34. The molecule has 0 atom stereocenters. The van der Waals surface area contributed by atoms with Gasteiger partial charge < -0.3 is 9.84 Å². The average molecular weight is 250 g/mol. The van der Waals surface area contributed by atoms with Crippen molar-refractivity contribution in [3.8, 4) is 0 Å². The van der Waals surface area contributed by atoms with E-state index in [-0.39, 0.29) is 5.91 Å². The molecule has 0 saturated heterocycles. The summed E-state index contributed by atoms with van der Waals surface area (Å²) in [7, 11) is 0. The molecule has 0 unspecified atom stereocenters. The van der Waals surface area contributed by atoms with Crippen molar-refractivity contribution in [3.63, 3.8) is 0 Å². The second kappa shape index (κ2) is 5.35. The van der Waals surface area contributed by atoms with Crippen molar-refractivity contribution >= 4 is 5.91 Å². The Labute approximate surface area is 102 Å². The predicted octanol–water partition coefficient (Wildman–Crippen LogP) is 0.885. The van der Waals surface area contributed by atoms with Crippen LogP contribution in [0.5, 0.6) is 0 Å². The van der Waals surface area contributed by atoms with Crippen LogP contribution in [0.1, 0.15) is 22.1 Å². The monoisotopic (exact) mass is 250 g/mol. The van der Waals surface area contributed by atoms with Gasteiger partial charge in [0.05, 0.1) is 5.56 Å². The van der Waals surface area contributed by atoms with E-state index in [1.54, 1.807) is 6.92 Å². The van der Waals surface area contributed by atoms with Crippen LogP contribution >= 0.6 is 0 Å². The molecule has 0 aromatic carbocycles. The maximum absolute atomic E-state index is 12.6. The summed E-state index contributed by atoms with van der Waals surface area (Å²) in [6.45, 7) is 2.08. The second-order valence-electron chi connectivity index (χ2n) is 3.61. The zero-order chi connectivity index (χ0) is 13.0. The number of rotatable bonds is 4. The molecule has 0 fully saturated rings. The van der Waals surface area contributed by atoms with Gasteiger partial charge in [-0.05, 0) is 19.1 Å². The summed E-state index contributed by atoms with van der Waals surface area (Å²) in [5.41, 5.74) is 0.304. The minimum atomic E-state index is -0.618. The molecule has 18 heavy (non-hydrogen) atoms. The van der Waals surface area contributed by atoms with Crippen molar-refractivity contribution in [1.82, 2.24) is 20.4 Å². The summed E-state index contributed by atoms with van der Waals surface area (Å²) < 4.78 is 17.4. The van der Waals surface area contributed by atoms with Crippen molar-refractivity contribution < 1.29 is 13.7 Å². The summed E-state index contributed by atoms with van der Waals surface area (Å²) in [4.78, 5) is 19.0. The topological polar surface area (TPSA) is 80.9 Å². The highest BCUT2D eigenvalue weighted by atomic mass is 19.1. The van der Waals surface area contributed by atoms with Gasteiger partial charge in [-0.3, -0.25) is 4.79 Å². The van der Waals surface area contributed by atoms with Crippen LogP contribution in [0.2, 0.25) is 0 Å². The van der Waals surface area contributed by atoms with E-state index in [4.69, 9.17) is 4.52 Å². The van der Waals surface area contributed by atoms with E-state index in [0.717, 1.165) is 6.07 Å². The summed E-state index contributed by atoms with van der Waals surface area (Å²) in [5.74, 6) is 0.0794. The lowest BCUT2D eigenvalue weighted by Gasteiger charge is -2.02. The van der Waals surface area contributed by atoms with Crippen molar-refractivity contribution in [2.45, 2.75) is 13.3 Å². The number of aryl methyl sites for hydroxylation is 1. The lowest BCUT2D eigenvalue weighted by molar-refractivity contribution is 0.0953. The predicted molar refractivity (Wildman–Crippen MR) is 59.3 cm³/mol. The zero-order valence-corrected chi connectivity index (χ0v) is 9.68. The fraction of sp³-hybridized carbons (Fsp3) is 0.273. The molecular weight excluding hydrogens is 239 g/mol. The van der Waals surface area contributed by atoms with Gasteiger partial charge >= 0.3 is 0 Å². The van der Waals surface area contributed by atoms with Gasteiger partial charge in [0, 0.05) is 19.2 Å². The Kier molecular flexibility index (Phi) is 3.61. The Hall–Kier alpha value is -2.31. The van der Waals surface area contributed by atoms with E-state index in [1.807, 2.05) is 0 Å². The Bertz CT molecular complexity index is 538. The first-order chi connectivity index (χ1) is 8.65. The first-order valence-corrected chi connectivity index (χ1v) is 5.34. The number of carbonyl (C=O) groups excluding carboxylic acids is 1. The number of halogens is 1. The quantitative estimate of drug-likeness (QED) is 0.815. The van der Waals surface area contributed by atoms with Crippen molar-refractivity contribution in [3.05, 3.63) is 41.6 Å². The molecule has 0 aliphatic carbocycles. The molecule has 2 aromatic rings. The van der Waals surface area contributed by atoms with Gasteiger partial charge in [0.25, 0.3) is 5.91 Å². The number of nitrogens with zero attached hydrogens (tertiary/aromatic N) is 3. The number of hydrogen-bond acceptors (Lipinski definition) is 5. The second-order valence-corrected chi connectivity index (χ2v) is 3.61. The summed E-state index contributed by atoms with van der Waals surface area (Å²) in [6, 6.07) is 2.50. The molecule has 0 saturated carbocycles. The van der Waals surface area contributed by atoms with Gasteiger partial charge in [-0.15, -0.1) is 0 Å². The molecule has 1 amide bonds. The Balaban J connectivity index is 1.83. The van der Waals surface area contributed by atoms with E-state index in [2.05, 4.69) is 20.4 Å². The molecule has 2 heterocycles. The third kappa shape index (κ3) is 3.09. The molecule has 0 aliphatic rings. The van der Waals surface area contributed by atoms with Crippen LogP contribution in [-0.4, -0.2) is 27.6 Å². The highest BCUT2D eigenvalue weighted by molar-refractivity contribution is 5.93. The summed E-state index contributed by atoms with van der Waals surface area (Å²) in [5, 5.41) is 6.28. The van der Waals surface area contributed by atoms with E-state index >= 15 is 0 Å². The number of hydrogen-bond donors (Lipinski definition) is 1. The smallest absolute Gasteiger partial charge is 0.252 e. The first kappa shape index (κ1) is 12.2. The molecule has 2 rings (SSSR count). The normalized spacial score (nSPS) is 10.3. The molecular formula is C11H11FN4O2. The van der Waals surface area contributed by atoms with Gasteiger partial charge in [0.2, 0.25) is 11.8 Å². The van der Waals surface area contributed by atoms with Gasteiger partial charge in [0.15, 0.2) is 5.82 Å². The molecule has 6 nitrogen and oxygen atoms in total. The zero-order valence-electron chi connectivity index (χ0n) is 9.68. The number of nitrogens with one attached hydrogen (secondary N) is 1. The highest BCUT2D eigenvalue weighted by Crippen LogP contribution is 1.99. The summed E-state index contributed by atoms with van der Waals surface area (Å²) >= 11 is 0. The third-order valence-electron chi connectivity index (χ3n) is 2.18. The fourth-order valence-electron chi connectivity index (χ4n) is 1.34. The number of aromatic nitrogens is 3. The minimum absolute atomic E-state index is 0.304. The van der Waals surface area contributed by atoms with Crippen LogP contribution < -0.4 is 5.32 Å². The van der Waals surface area contributed by atoms with Gasteiger partial charge in [-0.2, -0.15) is 9.37 Å². The van der Waals surface area contributed by atoms with E-state index in [9.17, 15) is 9.18 Å². The van der Waals surface area contributed by atoms with Gasteiger partial charge in [-0.25, -0.2) is 4.98 Å². The molecule has 1 N–H and O–H groups in total. The third-order valence-corrected chi connectivity index (χ3v) is 2.18. The van der Waals surface area contributed by atoms with Crippen molar-refractivity contribution in [2.75, 3.05) is 6.54 Å².